The minimum Gasteiger partial charge on any atom is -0.330 e. The number of imidazole rings is 1. The average Bonchev–Trinajstić information content (AvgIpc) is 2.74. The van der Waals surface area contributed by atoms with Crippen molar-refractivity contribution in [3.8, 4) is 0 Å². The molecule has 0 bridgehead atoms. The Hall–Kier alpha value is -1.42. The second kappa shape index (κ2) is 6.56. The van der Waals surface area contributed by atoms with Gasteiger partial charge < -0.3 is 10.3 Å². The number of halogens is 1. The van der Waals surface area contributed by atoms with E-state index < -0.39 is 0 Å². The molecular weight excluding hydrogens is 265 g/mol. The normalized spacial score (nSPS) is 13.5. The summed E-state index contributed by atoms with van der Waals surface area (Å²) in [5.41, 5.74) is 7.65. The standard InChI is InChI=1S/C17H26FN3/c1-11(2)7-13(10-19)8-17-20-15-6-5-14(18)9-16(15)21(17)12(3)4/h5-6,9,11-13H,7-8,10,19H2,1-4H3. The molecule has 0 amide bonds. The van der Waals surface area contributed by atoms with Crippen LogP contribution < -0.4 is 5.73 Å². The summed E-state index contributed by atoms with van der Waals surface area (Å²) < 4.78 is 15.7. The van der Waals surface area contributed by atoms with Crippen LogP contribution in [0, 0.1) is 17.7 Å². The molecule has 0 spiro atoms. The van der Waals surface area contributed by atoms with Crippen molar-refractivity contribution in [3.05, 3.63) is 29.8 Å². The Kier molecular flexibility index (Phi) is 4.99. The summed E-state index contributed by atoms with van der Waals surface area (Å²) in [6, 6.07) is 5.06. The molecule has 0 fully saturated rings. The monoisotopic (exact) mass is 291 g/mol. The van der Waals surface area contributed by atoms with E-state index in [1.54, 1.807) is 12.1 Å². The molecule has 1 unspecified atom stereocenters. The molecule has 2 rings (SSSR count). The van der Waals surface area contributed by atoms with Crippen molar-refractivity contribution in [3.63, 3.8) is 0 Å². The molecule has 116 valence electrons. The van der Waals surface area contributed by atoms with E-state index in [0.717, 1.165) is 29.7 Å². The largest absolute Gasteiger partial charge is 0.330 e. The summed E-state index contributed by atoms with van der Waals surface area (Å²) in [5.74, 6) is 1.84. The van der Waals surface area contributed by atoms with Crippen LogP contribution >= 0.6 is 0 Å². The third-order valence-electron chi connectivity index (χ3n) is 3.85. The predicted molar refractivity (Wildman–Crippen MR) is 85.8 cm³/mol. The molecule has 2 aromatic rings. The van der Waals surface area contributed by atoms with Crippen molar-refractivity contribution in [2.45, 2.75) is 46.6 Å². The Balaban J connectivity index is 2.40. The van der Waals surface area contributed by atoms with Crippen molar-refractivity contribution in [1.29, 1.82) is 0 Å². The first-order chi connectivity index (χ1) is 9.92. The van der Waals surface area contributed by atoms with Crippen LogP contribution in [0.25, 0.3) is 11.0 Å². The van der Waals surface area contributed by atoms with E-state index in [1.807, 2.05) is 0 Å². The maximum atomic E-state index is 13.5. The number of aromatic nitrogens is 2. The molecule has 3 nitrogen and oxygen atoms in total. The van der Waals surface area contributed by atoms with Crippen LogP contribution in [0.5, 0.6) is 0 Å². The molecule has 0 radical (unpaired) electrons. The lowest BCUT2D eigenvalue weighted by Gasteiger charge is -2.19. The van der Waals surface area contributed by atoms with Gasteiger partial charge in [-0.05, 0) is 56.8 Å². The molecule has 1 heterocycles. The van der Waals surface area contributed by atoms with Crippen molar-refractivity contribution in [1.82, 2.24) is 9.55 Å². The molecule has 1 aromatic heterocycles. The molecule has 2 N–H and O–H groups in total. The van der Waals surface area contributed by atoms with Gasteiger partial charge in [0.25, 0.3) is 0 Å². The summed E-state index contributed by atoms with van der Waals surface area (Å²) in [6.45, 7) is 9.30. The molecule has 21 heavy (non-hydrogen) atoms. The van der Waals surface area contributed by atoms with Crippen molar-refractivity contribution in [2.24, 2.45) is 17.6 Å². The molecule has 1 aromatic carbocycles. The van der Waals surface area contributed by atoms with Crippen LogP contribution in [-0.4, -0.2) is 16.1 Å². The van der Waals surface area contributed by atoms with Gasteiger partial charge in [-0.2, -0.15) is 0 Å². The summed E-state index contributed by atoms with van der Waals surface area (Å²) in [7, 11) is 0. The van der Waals surface area contributed by atoms with Crippen molar-refractivity contribution >= 4 is 11.0 Å². The molecule has 0 aliphatic carbocycles. The Morgan fingerprint density at radius 2 is 1.95 bits per heavy atom. The van der Waals surface area contributed by atoms with E-state index >= 15 is 0 Å². The molecule has 0 saturated heterocycles. The number of fused-ring (bicyclic) bond motifs is 1. The van der Waals surface area contributed by atoms with Gasteiger partial charge in [-0.1, -0.05) is 13.8 Å². The van der Waals surface area contributed by atoms with Gasteiger partial charge in [-0.3, -0.25) is 0 Å². The fourth-order valence-electron chi connectivity index (χ4n) is 3.02. The van der Waals surface area contributed by atoms with Gasteiger partial charge >= 0.3 is 0 Å². The maximum Gasteiger partial charge on any atom is 0.125 e. The van der Waals surface area contributed by atoms with Crippen molar-refractivity contribution in [2.75, 3.05) is 6.54 Å². The quantitative estimate of drug-likeness (QED) is 0.876. The lowest BCUT2D eigenvalue weighted by atomic mass is 9.94. The number of hydrogen-bond donors (Lipinski definition) is 1. The van der Waals surface area contributed by atoms with E-state index in [1.165, 1.54) is 6.07 Å². The molecule has 0 saturated carbocycles. The number of benzene rings is 1. The smallest absolute Gasteiger partial charge is 0.125 e. The van der Waals surface area contributed by atoms with Gasteiger partial charge in [0.2, 0.25) is 0 Å². The zero-order valence-corrected chi connectivity index (χ0v) is 13.4. The van der Waals surface area contributed by atoms with Crippen LogP contribution in [0.2, 0.25) is 0 Å². The Morgan fingerprint density at radius 1 is 1.24 bits per heavy atom. The van der Waals surface area contributed by atoms with Crippen LogP contribution in [-0.2, 0) is 6.42 Å². The molecule has 0 aliphatic rings. The fraction of sp³-hybridized carbons (Fsp3) is 0.588. The lowest BCUT2D eigenvalue weighted by molar-refractivity contribution is 0.400. The zero-order chi connectivity index (χ0) is 15.6. The van der Waals surface area contributed by atoms with Gasteiger partial charge in [-0.15, -0.1) is 0 Å². The van der Waals surface area contributed by atoms with E-state index in [4.69, 9.17) is 10.7 Å². The van der Waals surface area contributed by atoms with Gasteiger partial charge in [0.1, 0.15) is 11.6 Å². The molecule has 0 aliphatic heterocycles. The maximum absolute atomic E-state index is 13.5. The fourth-order valence-corrected chi connectivity index (χ4v) is 3.02. The van der Waals surface area contributed by atoms with Crippen LogP contribution in [0.4, 0.5) is 4.39 Å². The Bertz CT molecular complexity index is 601. The lowest BCUT2D eigenvalue weighted by Crippen LogP contribution is -2.21. The van der Waals surface area contributed by atoms with E-state index in [-0.39, 0.29) is 11.9 Å². The van der Waals surface area contributed by atoms with E-state index in [2.05, 4.69) is 32.3 Å². The predicted octanol–water partition coefficient (Wildman–Crippen LogP) is 3.92. The highest BCUT2D eigenvalue weighted by Gasteiger charge is 2.18. The van der Waals surface area contributed by atoms with Crippen LogP contribution in [0.1, 0.15) is 46.0 Å². The average molecular weight is 291 g/mol. The number of rotatable bonds is 6. The summed E-state index contributed by atoms with van der Waals surface area (Å²) in [6.07, 6.45) is 1.94. The zero-order valence-electron chi connectivity index (χ0n) is 13.4. The molecular formula is C17H26FN3. The first-order valence-electron chi connectivity index (χ1n) is 7.78. The highest BCUT2D eigenvalue weighted by Crippen LogP contribution is 2.25. The molecule has 4 heteroatoms. The second-order valence-electron chi connectivity index (χ2n) is 6.56. The second-order valence-corrected chi connectivity index (χ2v) is 6.56. The number of nitrogens with zero attached hydrogens (tertiary/aromatic N) is 2. The number of nitrogens with two attached hydrogens (primary N) is 1. The van der Waals surface area contributed by atoms with Gasteiger partial charge in [0.15, 0.2) is 0 Å². The topological polar surface area (TPSA) is 43.8 Å². The van der Waals surface area contributed by atoms with Crippen molar-refractivity contribution < 1.29 is 4.39 Å². The van der Waals surface area contributed by atoms with E-state index in [0.29, 0.717) is 18.4 Å². The Labute approximate surface area is 126 Å². The van der Waals surface area contributed by atoms with Gasteiger partial charge in [0, 0.05) is 12.5 Å². The first kappa shape index (κ1) is 16.0. The summed E-state index contributed by atoms with van der Waals surface area (Å²) >= 11 is 0. The first-order valence-corrected chi connectivity index (χ1v) is 7.78. The minimum atomic E-state index is -0.214. The minimum absolute atomic E-state index is 0.214. The highest BCUT2D eigenvalue weighted by atomic mass is 19.1. The van der Waals surface area contributed by atoms with Gasteiger partial charge in [0.05, 0.1) is 11.0 Å². The SMILES string of the molecule is CC(C)CC(CN)Cc1nc2ccc(F)cc2n1C(C)C. The van der Waals surface area contributed by atoms with E-state index in [9.17, 15) is 4.39 Å². The number of hydrogen-bond acceptors (Lipinski definition) is 2. The third-order valence-corrected chi connectivity index (χ3v) is 3.85. The molecule has 1 atom stereocenters. The van der Waals surface area contributed by atoms with Gasteiger partial charge in [-0.25, -0.2) is 9.37 Å². The Morgan fingerprint density at radius 3 is 2.52 bits per heavy atom. The third kappa shape index (κ3) is 3.62. The van der Waals surface area contributed by atoms with Crippen LogP contribution in [0.3, 0.4) is 0 Å². The highest BCUT2D eigenvalue weighted by molar-refractivity contribution is 5.76. The van der Waals surface area contributed by atoms with Crippen LogP contribution in [0.15, 0.2) is 18.2 Å². The summed E-state index contributed by atoms with van der Waals surface area (Å²) in [4.78, 5) is 4.71. The summed E-state index contributed by atoms with van der Waals surface area (Å²) in [5, 5.41) is 0.